The van der Waals surface area contributed by atoms with E-state index >= 15 is 0 Å². The van der Waals surface area contributed by atoms with Crippen LogP contribution in [0.15, 0.2) is 30.6 Å². The van der Waals surface area contributed by atoms with Crippen molar-refractivity contribution >= 4 is 28.7 Å². The van der Waals surface area contributed by atoms with E-state index < -0.39 is 4.92 Å². The van der Waals surface area contributed by atoms with E-state index in [2.05, 4.69) is 10.3 Å². The zero-order valence-corrected chi connectivity index (χ0v) is 12.0. The van der Waals surface area contributed by atoms with Crippen molar-refractivity contribution in [2.24, 2.45) is 0 Å². The highest BCUT2D eigenvalue weighted by atomic mass is 35.5. The lowest BCUT2D eigenvalue weighted by Gasteiger charge is -2.12. The molecular formula is C13H12ClN3O4. The van der Waals surface area contributed by atoms with Gasteiger partial charge >= 0.3 is 0 Å². The first-order chi connectivity index (χ1) is 10.1. The normalized spacial score (nSPS) is 10.0. The summed E-state index contributed by atoms with van der Waals surface area (Å²) in [5.74, 6) is 0.645. The number of nitrogens with zero attached hydrogens (tertiary/aromatic N) is 2. The molecule has 0 aliphatic rings. The van der Waals surface area contributed by atoms with Crippen LogP contribution in [0.3, 0.4) is 0 Å². The number of anilines is 2. The van der Waals surface area contributed by atoms with Gasteiger partial charge < -0.3 is 14.8 Å². The number of nitro groups is 1. The summed E-state index contributed by atoms with van der Waals surface area (Å²) in [5.41, 5.74) is 0.591. The topological polar surface area (TPSA) is 86.5 Å². The number of pyridine rings is 1. The van der Waals surface area contributed by atoms with Crippen molar-refractivity contribution in [1.29, 1.82) is 0 Å². The number of methoxy groups -OCH3 is 2. The molecule has 0 atom stereocenters. The van der Waals surface area contributed by atoms with Gasteiger partial charge in [0.15, 0.2) is 11.5 Å². The largest absolute Gasteiger partial charge is 0.493 e. The van der Waals surface area contributed by atoms with Crippen LogP contribution in [0.4, 0.5) is 17.1 Å². The van der Waals surface area contributed by atoms with Gasteiger partial charge in [0.2, 0.25) is 0 Å². The SMILES string of the molecule is COc1cc(Nc2ccncc2Cl)c([N+](=O)[O-])cc1OC. The van der Waals surface area contributed by atoms with Crippen LogP contribution in [0.2, 0.25) is 5.02 Å². The Labute approximate surface area is 125 Å². The third-order valence-electron chi connectivity index (χ3n) is 2.74. The summed E-state index contributed by atoms with van der Waals surface area (Å²) in [4.78, 5) is 14.5. The molecule has 2 aromatic rings. The molecule has 0 amide bonds. The van der Waals surface area contributed by atoms with E-state index in [4.69, 9.17) is 21.1 Å². The van der Waals surface area contributed by atoms with Crippen LogP contribution in [0.25, 0.3) is 0 Å². The number of hydrogen-bond acceptors (Lipinski definition) is 6. The first-order valence-corrected chi connectivity index (χ1v) is 6.21. The second kappa shape index (κ2) is 6.27. The van der Waals surface area contributed by atoms with Gasteiger partial charge in [-0.25, -0.2) is 0 Å². The van der Waals surface area contributed by atoms with Crippen LogP contribution in [-0.2, 0) is 0 Å². The molecule has 0 aliphatic heterocycles. The quantitative estimate of drug-likeness (QED) is 0.673. The molecule has 7 nitrogen and oxygen atoms in total. The van der Waals surface area contributed by atoms with Crippen LogP contribution in [0.1, 0.15) is 0 Å². The van der Waals surface area contributed by atoms with Crippen molar-refractivity contribution in [2.75, 3.05) is 19.5 Å². The number of halogens is 1. The molecular weight excluding hydrogens is 298 g/mol. The fourth-order valence-corrected chi connectivity index (χ4v) is 1.91. The van der Waals surface area contributed by atoms with Gasteiger partial charge in [-0.15, -0.1) is 0 Å². The maximum Gasteiger partial charge on any atom is 0.296 e. The highest BCUT2D eigenvalue weighted by Crippen LogP contribution is 2.39. The molecule has 0 saturated heterocycles. The number of aromatic nitrogens is 1. The number of ether oxygens (including phenoxy) is 2. The average Bonchev–Trinajstić information content (AvgIpc) is 2.48. The molecule has 1 aromatic carbocycles. The Morgan fingerprint density at radius 1 is 1.24 bits per heavy atom. The van der Waals surface area contributed by atoms with Gasteiger partial charge in [0.1, 0.15) is 5.69 Å². The molecule has 1 aromatic heterocycles. The van der Waals surface area contributed by atoms with Gasteiger partial charge in [0, 0.05) is 18.5 Å². The van der Waals surface area contributed by atoms with Crippen LogP contribution in [-0.4, -0.2) is 24.1 Å². The van der Waals surface area contributed by atoms with Crippen LogP contribution in [0, 0.1) is 10.1 Å². The first-order valence-electron chi connectivity index (χ1n) is 5.83. The van der Waals surface area contributed by atoms with Gasteiger partial charge in [0.05, 0.1) is 35.9 Å². The van der Waals surface area contributed by atoms with E-state index in [1.54, 1.807) is 6.07 Å². The highest BCUT2D eigenvalue weighted by molar-refractivity contribution is 6.33. The third-order valence-corrected chi connectivity index (χ3v) is 3.04. The van der Waals surface area contributed by atoms with Crippen molar-refractivity contribution in [3.63, 3.8) is 0 Å². The van der Waals surface area contributed by atoms with E-state index in [0.29, 0.717) is 16.5 Å². The summed E-state index contributed by atoms with van der Waals surface area (Å²) in [6.45, 7) is 0. The molecule has 0 radical (unpaired) electrons. The maximum atomic E-state index is 11.2. The predicted octanol–water partition coefficient (Wildman–Crippen LogP) is 3.40. The van der Waals surface area contributed by atoms with Crippen molar-refractivity contribution in [3.05, 3.63) is 45.7 Å². The molecule has 1 N–H and O–H groups in total. The van der Waals surface area contributed by atoms with Gasteiger partial charge in [0.25, 0.3) is 5.69 Å². The van der Waals surface area contributed by atoms with Gasteiger partial charge in [-0.3, -0.25) is 15.1 Å². The minimum atomic E-state index is -0.514. The standard InChI is InChI=1S/C13H12ClN3O4/c1-20-12-5-10(11(17(18)19)6-13(12)21-2)16-9-3-4-15-7-8(9)14/h3-7H,1-2H3,(H,15,16). The van der Waals surface area contributed by atoms with E-state index in [1.165, 1.54) is 38.7 Å². The molecule has 2 rings (SSSR count). The fourth-order valence-electron chi connectivity index (χ4n) is 1.74. The minimum Gasteiger partial charge on any atom is -0.493 e. The molecule has 0 spiro atoms. The maximum absolute atomic E-state index is 11.2. The molecule has 0 bridgehead atoms. The van der Waals surface area contributed by atoms with Crippen molar-refractivity contribution < 1.29 is 14.4 Å². The lowest BCUT2D eigenvalue weighted by Crippen LogP contribution is -2.00. The van der Waals surface area contributed by atoms with Crippen molar-refractivity contribution in [3.8, 4) is 11.5 Å². The fraction of sp³-hybridized carbons (Fsp3) is 0.154. The second-order valence-corrected chi connectivity index (χ2v) is 4.37. The average molecular weight is 310 g/mol. The summed E-state index contributed by atoms with van der Waals surface area (Å²) in [5, 5.41) is 14.4. The summed E-state index contributed by atoms with van der Waals surface area (Å²) in [6.07, 6.45) is 2.97. The Kier molecular flexibility index (Phi) is 4.44. The molecule has 0 unspecified atom stereocenters. The smallest absolute Gasteiger partial charge is 0.296 e. The monoisotopic (exact) mass is 309 g/mol. The summed E-state index contributed by atoms with van der Waals surface area (Å²) in [6, 6.07) is 4.38. The Morgan fingerprint density at radius 2 is 1.90 bits per heavy atom. The third kappa shape index (κ3) is 3.14. The second-order valence-electron chi connectivity index (χ2n) is 3.96. The molecule has 1 heterocycles. The number of benzene rings is 1. The number of nitro benzene ring substituents is 1. The van der Waals surface area contributed by atoms with Gasteiger partial charge in [-0.05, 0) is 6.07 Å². The van der Waals surface area contributed by atoms with Crippen molar-refractivity contribution in [2.45, 2.75) is 0 Å². The Hall–Kier alpha value is -2.54. The molecule has 8 heteroatoms. The molecule has 0 fully saturated rings. The molecule has 21 heavy (non-hydrogen) atoms. The van der Waals surface area contributed by atoms with Crippen LogP contribution < -0.4 is 14.8 Å². The predicted molar refractivity (Wildman–Crippen MR) is 78.7 cm³/mol. The van der Waals surface area contributed by atoms with Crippen LogP contribution in [0.5, 0.6) is 11.5 Å². The summed E-state index contributed by atoms with van der Waals surface area (Å²) >= 11 is 5.99. The van der Waals surface area contributed by atoms with Crippen LogP contribution >= 0.6 is 11.6 Å². The lowest BCUT2D eigenvalue weighted by molar-refractivity contribution is -0.384. The van der Waals surface area contributed by atoms with E-state index in [-0.39, 0.29) is 17.1 Å². The van der Waals surface area contributed by atoms with Gasteiger partial charge in [-0.2, -0.15) is 0 Å². The number of hydrogen-bond donors (Lipinski definition) is 1. The van der Waals surface area contributed by atoms with Gasteiger partial charge in [-0.1, -0.05) is 11.6 Å². The van der Waals surface area contributed by atoms with E-state index in [0.717, 1.165) is 0 Å². The molecule has 110 valence electrons. The Morgan fingerprint density at radius 3 is 2.48 bits per heavy atom. The number of nitrogens with one attached hydrogen (secondary N) is 1. The summed E-state index contributed by atoms with van der Waals surface area (Å²) < 4.78 is 10.2. The Balaban J connectivity index is 2.51. The zero-order chi connectivity index (χ0) is 15.4. The van der Waals surface area contributed by atoms with Crippen molar-refractivity contribution in [1.82, 2.24) is 4.98 Å². The molecule has 0 aliphatic carbocycles. The highest BCUT2D eigenvalue weighted by Gasteiger charge is 2.20. The van der Waals surface area contributed by atoms with E-state index in [9.17, 15) is 10.1 Å². The van der Waals surface area contributed by atoms with E-state index in [1.807, 2.05) is 0 Å². The summed E-state index contributed by atoms with van der Waals surface area (Å²) in [7, 11) is 2.86. The number of rotatable bonds is 5. The lowest BCUT2D eigenvalue weighted by atomic mass is 10.2. The minimum absolute atomic E-state index is 0.152. The first kappa shape index (κ1) is 14.9. The molecule has 0 saturated carbocycles. The Bertz CT molecular complexity index is 678. The zero-order valence-electron chi connectivity index (χ0n) is 11.3.